The van der Waals surface area contributed by atoms with E-state index in [4.69, 9.17) is 4.74 Å². The maximum atomic E-state index is 12.0. The fourth-order valence-corrected chi connectivity index (χ4v) is 2.59. The predicted octanol–water partition coefficient (Wildman–Crippen LogP) is 1.72. The molecule has 110 valence electrons. The molecule has 1 atom stereocenters. The Morgan fingerprint density at radius 2 is 2.30 bits per heavy atom. The zero-order valence-corrected chi connectivity index (χ0v) is 12.0. The van der Waals surface area contributed by atoms with Gasteiger partial charge in [0.1, 0.15) is 5.56 Å². The van der Waals surface area contributed by atoms with Gasteiger partial charge in [0, 0.05) is 12.6 Å². The Labute approximate surface area is 118 Å². The third kappa shape index (κ3) is 3.00. The Kier molecular flexibility index (Phi) is 4.76. The molecule has 1 saturated heterocycles. The molecule has 6 nitrogen and oxygen atoms in total. The summed E-state index contributed by atoms with van der Waals surface area (Å²) in [7, 11) is 0. The first-order valence-electron chi connectivity index (χ1n) is 7.20. The molecule has 0 aliphatic carbocycles. The van der Waals surface area contributed by atoms with Gasteiger partial charge in [0.25, 0.3) is 5.56 Å². The number of anilines is 1. The smallest absolute Gasteiger partial charge is 0.345 e. The average molecular weight is 279 g/mol. The fraction of sp³-hybridized carbons (Fsp3) is 0.643. The molecular weight excluding hydrogens is 258 g/mol. The van der Waals surface area contributed by atoms with Gasteiger partial charge in [-0.05, 0) is 32.6 Å². The molecule has 0 bridgehead atoms. The Morgan fingerprint density at radius 3 is 2.95 bits per heavy atom. The predicted molar refractivity (Wildman–Crippen MR) is 76.1 cm³/mol. The van der Waals surface area contributed by atoms with E-state index in [-0.39, 0.29) is 12.2 Å². The van der Waals surface area contributed by atoms with Crippen LogP contribution in [0.2, 0.25) is 0 Å². The molecule has 1 aliphatic rings. The number of hydrogen-bond donors (Lipinski definition) is 1. The molecule has 1 aromatic heterocycles. The number of carbonyl (C=O) groups is 1. The van der Waals surface area contributed by atoms with Gasteiger partial charge in [0.15, 0.2) is 0 Å². The third-order valence-electron chi connectivity index (χ3n) is 3.65. The van der Waals surface area contributed by atoms with Crippen LogP contribution in [-0.4, -0.2) is 35.1 Å². The molecule has 0 radical (unpaired) electrons. The number of esters is 1. The summed E-state index contributed by atoms with van der Waals surface area (Å²) in [5.74, 6) is -0.0758. The number of carbonyl (C=O) groups excluding carboxylic acids is 1. The number of ether oxygens (including phenoxy) is 1. The lowest BCUT2D eigenvalue weighted by Crippen LogP contribution is -2.41. The molecule has 0 aromatic carbocycles. The Bertz CT molecular complexity index is 527. The number of aromatic amines is 1. The van der Waals surface area contributed by atoms with Crippen molar-refractivity contribution in [2.75, 3.05) is 18.1 Å². The Morgan fingerprint density at radius 1 is 1.50 bits per heavy atom. The normalized spacial score (nSPS) is 18.9. The number of nitrogens with one attached hydrogen (secondary N) is 1. The molecule has 2 heterocycles. The van der Waals surface area contributed by atoms with E-state index in [9.17, 15) is 9.59 Å². The summed E-state index contributed by atoms with van der Waals surface area (Å²) >= 11 is 0. The van der Waals surface area contributed by atoms with Crippen molar-refractivity contribution in [2.45, 2.75) is 45.6 Å². The van der Waals surface area contributed by atoms with Crippen LogP contribution in [0.3, 0.4) is 0 Å². The SMILES string of the molecule is CCOC(=O)c1cnc(N2CCCC[C@@H]2CC)[nH]c1=O. The lowest BCUT2D eigenvalue weighted by Gasteiger charge is -2.35. The monoisotopic (exact) mass is 279 g/mol. The van der Waals surface area contributed by atoms with Crippen LogP contribution >= 0.6 is 0 Å². The van der Waals surface area contributed by atoms with Crippen molar-refractivity contribution >= 4 is 11.9 Å². The maximum Gasteiger partial charge on any atom is 0.345 e. The van der Waals surface area contributed by atoms with E-state index < -0.39 is 11.5 Å². The molecule has 1 aromatic rings. The van der Waals surface area contributed by atoms with Crippen LogP contribution in [0.15, 0.2) is 11.0 Å². The molecule has 6 heteroatoms. The van der Waals surface area contributed by atoms with Gasteiger partial charge >= 0.3 is 5.97 Å². The Hall–Kier alpha value is -1.85. The number of rotatable bonds is 4. The summed E-state index contributed by atoms with van der Waals surface area (Å²) < 4.78 is 4.82. The van der Waals surface area contributed by atoms with Crippen LogP contribution < -0.4 is 10.5 Å². The molecule has 0 unspecified atom stereocenters. The highest BCUT2D eigenvalue weighted by Crippen LogP contribution is 2.22. The summed E-state index contributed by atoms with van der Waals surface area (Å²) in [6.45, 7) is 4.96. The molecule has 1 N–H and O–H groups in total. The van der Waals surface area contributed by atoms with Gasteiger partial charge in [-0.3, -0.25) is 9.78 Å². The number of H-pyrrole nitrogens is 1. The summed E-state index contributed by atoms with van der Waals surface area (Å²) in [4.78, 5) is 32.6. The Balaban J connectivity index is 2.24. The topological polar surface area (TPSA) is 75.3 Å². The van der Waals surface area contributed by atoms with Gasteiger partial charge < -0.3 is 9.64 Å². The highest BCUT2D eigenvalue weighted by atomic mass is 16.5. The number of piperidine rings is 1. The van der Waals surface area contributed by atoms with Gasteiger partial charge in [-0.15, -0.1) is 0 Å². The summed E-state index contributed by atoms with van der Waals surface area (Å²) in [6, 6.07) is 0.403. The lowest BCUT2D eigenvalue weighted by molar-refractivity contribution is 0.0523. The first kappa shape index (κ1) is 14.6. The molecule has 0 saturated carbocycles. The zero-order valence-electron chi connectivity index (χ0n) is 12.0. The fourth-order valence-electron chi connectivity index (χ4n) is 2.59. The van der Waals surface area contributed by atoms with Crippen LogP contribution in [0.1, 0.15) is 49.9 Å². The minimum Gasteiger partial charge on any atom is -0.462 e. The average Bonchev–Trinajstić information content (AvgIpc) is 2.47. The van der Waals surface area contributed by atoms with Crippen molar-refractivity contribution < 1.29 is 9.53 Å². The first-order chi connectivity index (χ1) is 9.67. The molecule has 1 aliphatic heterocycles. The largest absolute Gasteiger partial charge is 0.462 e. The number of aromatic nitrogens is 2. The maximum absolute atomic E-state index is 12.0. The third-order valence-corrected chi connectivity index (χ3v) is 3.65. The van der Waals surface area contributed by atoms with Crippen molar-refractivity contribution in [3.05, 3.63) is 22.1 Å². The van der Waals surface area contributed by atoms with Gasteiger partial charge in [-0.2, -0.15) is 0 Å². The van der Waals surface area contributed by atoms with Crippen LogP contribution in [0.5, 0.6) is 0 Å². The molecular formula is C14H21N3O3. The molecule has 0 amide bonds. The van der Waals surface area contributed by atoms with Crippen molar-refractivity contribution in [1.82, 2.24) is 9.97 Å². The molecule has 1 fully saturated rings. The second-order valence-electron chi connectivity index (χ2n) is 4.92. The van der Waals surface area contributed by atoms with Crippen LogP contribution in [0, 0.1) is 0 Å². The van der Waals surface area contributed by atoms with E-state index >= 15 is 0 Å². The highest BCUT2D eigenvalue weighted by Gasteiger charge is 2.23. The number of nitrogens with zero attached hydrogens (tertiary/aromatic N) is 2. The first-order valence-corrected chi connectivity index (χ1v) is 7.20. The quantitative estimate of drug-likeness (QED) is 0.849. The summed E-state index contributed by atoms with van der Waals surface area (Å²) in [5, 5.41) is 0. The minimum atomic E-state index is -0.626. The minimum absolute atomic E-state index is 0.0411. The zero-order chi connectivity index (χ0) is 14.5. The van der Waals surface area contributed by atoms with Crippen molar-refractivity contribution in [1.29, 1.82) is 0 Å². The van der Waals surface area contributed by atoms with Gasteiger partial charge in [0.05, 0.1) is 12.8 Å². The van der Waals surface area contributed by atoms with E-state index in [0.717, 1.165) is 25.8 Å². The molecule has 20 heavy (non-hydrogen) atoms. The van der Waals surface area contributed by atoms with Gasteiger partial charge in [-0.25, -0.2) is 9.78 Å². The second-order valence-corrected chi connectivity index (χ2v) is 4.92. The van der Waals surface area contributed by atoms with E-state index in [0.29, 0.717) is 12.0 Å². The number of hydrogen-bond acceptors (Lipinski definition) is 5. The molecule has 0 spiro atoms. The van der Waals surface area contributed by atoms with E-state index in [1.54, 1.807) is 6.92 Å². The van der Waals surface area contributed by atoms with Crippen LogP contribution in [0.4, 0.5) is 5.95 Å². The summed E-state index contributed by atoms with van der Waals surface area (Å²) in [6.07, 6.45) is 5.75. The van der Waals surface area contributed by atoms with Crippen LogP contribution in [-0.2, 0) is 4.74 Å². The highest BCUT2D eigenvalue weighted by molar-refractivity contribution is 5.88. The van der Waals surface area contributed by atoms with Crippen molar-refractivity contribution in [2.24, 2.45) is 0 Å². The van der Waals surface area contributed by atoms with Gasteiger partial charge in [0.2, 0.25) is 5.95 Å². The van der Waals surface area contributed by atoms with E-state index in [2.05, 4.69) is 21.8 Å². The van der Waals surface area contributed by atoms with Crippen molar-refractivity contribution in [3.63, 3.8) is 0 Å². The molecule has 2 rings (SSSR count). The van der Waals surface area contributed by atoms with E-state index in [1.165, 1.54) is 12.6 Å². The lowest BCUT2D eigenvalue weighted by atomic mass is 10.0. The summed E-state index contributed by atoms with van der Waals surface area (Å²) in [5.41, 5.74) is -0.477. The standard InChI is InChI=1S/C14H21N3O3/c1-3-10-7-5-6-8-17(10)14-15-9-11(12(18)16-14)13(19)20-4-2/h9-10H,3-8H2,1-2H3,(H,15,16,18)/t10-/m0/s1. The second kappa shape index (κ2) is 6.54. The van der Waals surface area contributed by atoms with Gasteiger partial charge in [-0.1, -0.05) is 6.92 Å². The van der Waals surface area contributed by atoms with E-state index in [1.807, 2.05) is 0 Å². The van der Waals surface area contributed by atoms with Crippen molar-refractivity contribution in [3.8, 4) is 0 Å². The van der Waals surface area contributed by atoms with Crippen LogP contribution in [0.25, 0.3) is 0 Å².